The Balaban J connectivity index is 2.52. The minimum atomic E-state index is -3.35. The smallest absolute Gasteiger partial charge is 0.241 e. The summed E-state index contributed by atoms with van der Waals surface area (Å²) in [6.45, 7) is 6.29. The van der Waals surface area contributed by atoms with Crippen LogP contribution in [0.15, 0.2) is 16.3 Å². The van der Waals surface area contributed by atoms with Gasteiger partial charge in [-0.05, 0) is 30.8 Å². The predicted molar refractivity (Wildman–Crippen MR) is 85.6 cm³/mol. The largest absolute Gasteiger partial charge is 0.312 e. The van der Waals surface area contributed by atoms with E-state index < -0.39 is 10.0 Å². The Labute approximate surface area is 127 Å². The quantitative estimate of drug-likeness (QED) is 0.616. The van der Waals surface area contributed by atoms with E-state index in [4.69, 9.17) is 0 Å². The van der Waals surface area contributed by atoms with Crippen LogP contribution in [0, 0.1) is 0 Å². The molecule has 0 atom stereocenters. The first-order valence-electron chi connectivity index (χ1n) is 7.38. The summed E-state index contributed by atoms with van der Waals surface area (Å²) in [5.41, 5.74) is 0. The van der Waals surface area contributed by atoms with Gasteiger partial charge in [0.2, 0.25) is 10.0 Å². The molecule has 0 fully saturated rings. The lowest BCUT2D eigenvalue weighted by Gasteiger charge is -2.08. The standard InChI is InChI=1S/C14H26N2O2S2/c1-3-5-6-7-10-16-20(17,18)14-8-11-19-13(14)12-15-9-4-2/h8,11,15-16H,3-7,9-10,12H2,1-2H3. The third-order valence-corrected chi connectivity index (χ3v) is 5.62. The maximum Gasteiger partial charge on any atom is 0.241 e. The zero-order valence-corrected chi connectivity index (χ0v) is 14.1. The normalized spacial score (nSPS) is 11.9. The summed E-state index contributed by atoms with van der Waals surface area (Å²) < 4.78 is 27.2. The van der Waals surface area contributed by atoms with Gasteiger partial charge in [-0.1, -0.05) is 33.1 Å². The molecule has 6 heteroatoms. The molecule has 116 valence electrons. The molecule has 4 nitrogen and oxygen atoms in total. The molecule has 1 rings (SSSR count). The second-order valence-electron chi connectivity index (χ2n) is 4.84. The van der Waals surface area contributed by atoms with Gasteiger partial charge in [-0.3, -0.25) is 0 Å². The maximum absolute atomic E-state index is 12.2. The van der Waals surface area contributed by atoms with Crippen molar-refractivity contribution in [2.45, 2.75) is 57.4 Å². The van der Waals surface area contributed by atoms with Gasteiger partial charge >= 0.3 is 0 Å². The van der Waals surface area contributed by atoms with E-state index in [1.54, 1.807) is 6.07 Å². The fourth-order valence-corrected chi connectivity index (χ4v) is 4.40. The summed E-state index contributed by atoms with van der Waals surface area (Å²) in [7, 11) is -3.35. The van der Waals surface area contributed by atoms with Crippen LogP contribution in [-0.4, -0.2) is 21.5 Å². The summed E-state index contributed by atoms with van der Waals surface area (Å²) in [5.74, 6) is 0. The monoisotopic (exact) mass is 318 g/mol. The van der Waals surface area contributed by atoms with Crippen LogP contribution in [0.1, 0.15) is 50.8 Å². The predicted octanol–water partition coefficient (Wildman–Crippen LogP) is 3.11. The highest BCUT2D eigenvalue weighted by molar-refractivity contribution is 7.89. The van der Waals surface area contributed by atoms with Gasteiger partial charge in [0.15, 0.2) is 0 Å². The zero-order chi connectivity index (χ0) is 14.8. The number of rotatable bonds is 11. The molecular formula is C14H26N2O2S2. The Morgan fingerprint density at radius 1 is 1.10 bits per heavy atom. The van der Waals surface area contributed by atoms with Crippen LogP contribution < -0.4 is 10.0 Å². The molecule has 20 heavy (non-hydrogen) atoms. The number of thiophene rings is 1. The molecule has 0 spiro atoms. The molecule has 0 saturated carbocycles. The lowest BCUT2D eigenvalue weighted by atomic mass is 10.2. The highest BCUT2D eigenvalue weighted by Gasteiger charge is 2.18. The minimum Gasteiger partial charge on any atom is -0.312 e. The number of hydrogen-bond acceptors (Lipinski definition) is 4. The van der Waals surface area contributed by atoms with Crippen LogP contribution in [0.4, 0.5) is 0 Å². The van der Waals surface area contributed by atoms with Gasteiger partial charge in [-0.15, -0.1) is 11.3 Å². The molecule has 0 aliphatic heterocycles. The molecule has 0 aliphatic carbocycles. The summed E-state index contributed by atoms with van der Waals surface area (Å²) in [6, 6.07) is 1.70. The summed E-state index contributed by atoms with van der Waals surface area (Å²) in [4.78, 5) is 1.32. The van der Waals surface area contributed by atoms with Gasteiger partial charge in [0, 0.05) is 18.0 Å². The van der Waals surface area contributed by atoms with E-state index >= 15 is 0 Å². The molecule has 0 amide bonds. The summed E-state index contributed by atoms with van der Waals surface area (Å²) in [6.07, 6.45) is 5.34. The van der Waals surface area contributed by atoms with Crippen molar-refractivity contribution in [2.75, 3.05) is 13.1 Å². The summed E-state index contributed by atoms with van der Waals surface area (Å²) in [5, 5.41) is 5.09. The van der Waals surface area contributed by atoms with Gasteiger partial charge in [0.25, 0.3) is 0 Å². The molecule has 1 heterocycles. The van der Waals surface area contributed by atoms with Gasteiger partial charge in [-0.2, -0.15) is 0 Å². The third kappa shape index (κ3) is 5.91. The average molecular weight is 319 g/mol. The van der Waals surface area contributed by atoms with E-state index in [0.29, 0.717) is 18.0 Å². The van der Waals surface area contributed by atoms with Crippen LogP contribution >= 0.6 is 11.3 Å². The Hall–Kier alpha value is -0.430. The fraction of sp³-hybridized carbons (Fsp3) is 0.714. The molecule has 1 aromatic heterocycles. The van der Waals surface area contributed by atoms with Crippen molar-refractivity contribution in [3.8, 4) is 0 Å². The average Bonchev–Trinajstić information content (AvgIpc) is 2.88. The van der Waals surface area contributed by atoms with Gasteiger partial charge < -0.3 is 5.32 Å². The van der Waals surface area contributed by atoms with Crippen LogP contribution in [0.5, 0.6) is 0 Å². The molecule has 0 radical (unpaired) electrons. The first kappa shape index (κ1) is 17.6. The van der Waals surface area contributed by atoms with Crippen molar-refractivity contribution in [2.24, 2.45) is 0 Å². The number of nitrogens with one attached hydrogen (secondary N) is 2. The second-order valence-corrected chi connectivity index (χ2v) is 7.58. The highest BCUT2D eigenvalue weighted by atomic mass is 32.2. The van der Waals surface area contributed by atoms with Crippen molar-refractivity contribution >= 4 is 21.4 Å². The van der Waals surface area contributed by atoms with E-state index in [0.717, 1.165) is 43.5 Å². The zero-order valence-electron chi connectivity index (χ0n) is 12.4. The second kappa shape index (κ2) is 9.50. The third-order valence-electron chi connectivity index (χ3n) is 3.03. The maximum atomic E-state index is 12.2. The molecule has 0 unspecified atom stereocenters. The minimum absolute atomic E-state index is 0.432. The first-order valence-corrected chi connectivity index (χ1v) is 9.74. The number of sulfonamides is 1. The summed E-state index contributed by atoms with van der Waals surface area (Å²) >= 11 is 1.49. The SMILES string of the molecule is CCCCCCNS(=O)(=O)c1ccsc1CNCCC. The molecule has 0 aliphatic rings. The van der Waals surface area contributed by atoms with E-state index in [1.807, 2.05) is 5.38 Å². The molecule has 0 bridgehead atoms. The van der Waals surface area contributed by atoms with Crippen LogP contribution in [0.2, 0.25) is 0 Å². The number of hydrogen-bond donors (Lipinski definition) is 2. The van der Waals surface area contributed by atoms with Crippen LogP contribution in [0.3, 0.4) is 0 Å². The van der Waals surface area contributed by atoms with Gasteiger partial charge in [0.05, 0.1) is 4.90 Å². The number of unbranched alkanes of at least 4 members (excludes halogenated alkanes) is 3. The Morgan fingerprint density at radius 3 is 2.60 bits per heavy atom. The van der Waals surface area contributed by atoms with E-state index in [2.05, 4.69) is 23.9 Å². The Bertz CT molecular complexity index is 469. The fourth-order valence-electron chi connectivity index (χ4n) is 1.91. The topological polar surface area (TPSA) is 58.2 Å². The van der Waals surface area contributed by atoms with E-state index in [9.17, 15) is 8.42 Å². The van der Waals surface area contributed by atoms with Crippen LogP contribution in [0.25, 0.3) is 0 Å². The van der Waals surface area contributed by atoms with Crippen molar-refractivity contribution in [3.63, 3.8) is 0 Å². The van der Waals surface area contributed by atoms with Crippen molar-refractivity contribution in [3.05, 3.63) is 16.3 Å². The Kier molecular flexibility index (Phi) is 8.37. The van der Waals surface area contributed by atoms with Crippen molar-refractivity contribution in [1.82, 2.24) is 10.0 Å². The van der Waals surface area contributed by atoms with Crippen molar-refractivity contribution < 1.29 is 8.42 Å². The molecule has 0 aromatic carbocycles. The molecule has 1 aromatic rings. The molecule has 2 N–H and O–H groups in total. The van der Waals surface area contributed by atoms with Gasteiger partial charge in [0.1, 0.15) is 0 Å². The van der Waals surface area contributed by atoms with E-state index in [-0.39, 0.29) is 0 Å². The van der Waals surface area contributed by atoms with E-state index in [1.165, 1.54) is 11.3 Å². The van der Waals surface area contributed by atoms with Crippen LogP contribution in [-0.2, 0) is 16.6 Å². The molecular weight excluding hydrogens is 292 g/mol. The lowest BCUT2D eigenvalue weighted by molar-refractivity contribution is 0.572. The molecule has 0 saturated heterocycles. The van der Waals surface area contributed by atoms with Crippen molar-refractivity contribution in [1.29, 1.82) is 0 Å². The lowest BCUT2D eigenvalue weighted by Crippen LogP contribution is -2.26. The Morgan fingerprint density at radius 2 is 1.90 bits per heavy atom. The first-order chi connectivity index (χ1) is 9.61. The highest BCUT2D eigenvalue weighted by Crippen LogP contribution is 2.21. The van der Waals surface area contributed by atoms with Gasteiger partial charge in [-0.25, -0.2) is 13.1 Å².